The van der Waals surface area contributed by atoms with Crippen LogP contribution in [0.4, 0.5) is 5.69 Å². The maximum absolute atomic E-state index is 12.4. The number of hydrogen-bond donors (Lipinski definition) is 1. The van der Waals surface area contributed by atoms with Gasteiger partial charge in [0.15, 0.2) is 11.5 Å². The topological polar surface area (TPSA) is 56.8 Å². The molecule has 0 bridgehead atoms. The minimum atomic E-state index is -0.221. The predicted octanol–water partition coefficient (Wildman–Crippen LogP) is 6.49. The number of para-hydroxylation sites is 2. The molecule has 0 saturated carbocycles. The van der Waals surface area contributed by atoms with Crippen LogP contribution in [-0.4, -0.2) is 26.2 Å². The van der Waals surface area contributed by atoms with E-state index in [1.54, 1.807) is 13.2 Å². The van der Waals surface area contributed by atoms with E-state index in [1.807, 2.05) is 42.5 Å². The van der Waals surface area contributed by atoms with Gasteiger partial charge in [-0.3, -0.25) is 4.79 Å². The molecule has 1 amide bonds. The summed E-state index contributed by atoms with van der Waals surface area (Å²) >= 11 is 0. The molecule has 5 heteroatoms. The highest BCUT2D eigenvalue weighted by Gasteiger charge is 2.07. The summed E-state index contributed by atoms with van der Waals surface area (Å²) in [7, 11) is 1.62. The normalized spacial score (nSPS) is 10.8. The van der Waals surface area contributed by atoms with Gasteiger partial charge < -0.3 is 19.5 Å². The Hall–Kier alpha value is -2.95. The van der Waals surface area contributed by atoms with Gasteiger partial charge in [0.1, 0.15) is 5.75 Å². The summed E-state index contributed by atoms with van der Waals surface area (Å²) in [4.78, 5) is 12.4. The maximum atomic E-state index is 12.4. The van der Waals surface area contributed by atoms with Gasteiger partial charge in [0.2, 0.25) is 5.91 Å². The lowest BCUT2D eigenvalue weighted by atomic mass is 10.2. The number of carbonyl (C=O) groups is 1. The fourth-order valence-electron chi connectivity index (χ4n) is 2.99. The molecule has 1 N–H and O–H groups in total. The van der Waals surface area contributed by atoms with Crippen LogP contribution in [0, 0.1) is 0 Å². The molecule has 2 rings (SSSR count). The number of ether oxygens (including phenoxy) is 3. The molecule has 5 nitrogen and oxygen atoms in total. The van der Waals surface area contributed by atoms with Gasteiger partial charge in [0.25, 0.3) is 0 Å². The van der Waals surface area contributed by atoms with Crippen molar-refractivity contribution in [3.63, 3.8) is 0 Å². The number of benzene rings is 2. The molecule has 168 valence electrons. The number of hydrogen-bond acceptors (Lipinski definition) is 4. The van der Waals surface area contributed by atoms with E-state index in [9.17, 15) is 4.79 Å². The van der Waals surface area contributed by atoms with E-state index < -0.39 is 0 Å². The van der Waals surface area contributed by atoms with Crippen molar-refractivity contribution in [2.45, 2.75) is 52.4 Å². The second-order valence-electron chi connectivity index (χ2n) is 7.34. The van der Waals surface area contributed by atoms with E-state index in [0.29, 0.717) is 30.4 Å². The van der Waals surface area contributed by atoms with Gasteiger partial charge in [-0.1, -0.05) is 57.7 Å². The van der Waals surface area contributed by atoms with E-state index in [1.165, 1.54) is 25.3 Å². The zero-order valence-corrected chi connectivity index (χ0v) is 19.0. The van der Waals surface area contributed by atoms with Crippen molar-refractivity contribution >= 4 is 17.7 Å². The van der Waals surface area contributed by atoms with Crippen molar-refractivity contribution in [3.8, 4) is 17.2 Å². The smallest absolute Gasteiger partial charge is 0.248 e. The highest BCUT2D eigenvalue weighted by Crippen LogP contribution is 2.29. The summed E-state index contributed by atoms with van der Waals surface area (Å²) in [5.74, 6) is 1.84. The van der Waals surface area contributed by atoms with Gasteiger partial charge in [-0.05, 0) is 48.7 Å². The zero-order valence-electron chi connectivity index (χ0n) is 19.0. The molecule has 0 saturated heterocycles. The Morgan fingerprint density at radius 3 is 2.39 bits per heavy atom. The van der Waals surface area contributed by atoms with Crippen LogP contribution in [0.25, 0.3) is 6.08 Å². The molecule has 0 aromatic heterocycles. The number of unbranched alkanes of at least 4 members (excludes halogenated alkanes) is 4. The van der Waals surface area contributed by atoms with Crippen molar-refractivity contribution in [1.29, 1.82) is 0 Å². The van der Waals surface area contributed by atoms with Crippen LogP contribution < -0.4 is 19.5 Å². The van der Waals surface area contributed by atoms with Gasteiger partial charge in [0.05, 0.1) is 26.0 Å². The molecule has 0 atom stereocenters. The summed E-state index contributed by atoms with van der Waals surface area (Å²) in [6, 6.07) is 13.1. The van der Waals surface area contributed by atoms with Gasteiger partial charge in [0, 0.05) is 6.08 Å². The number of amides is 1. The second kappa shape index (κ2) is 14.1. The molecule has 0 fully saturated rings. The fraction of sp³-hybridized carbons (Fsp3) is 0.423. The molecule has 0 heterocycles. The Balaban J connectivity index is 1.95. The molecule has 0 aliphatic rings. The minimum Gasteiger partial charge on any atom is -0.493 e. The van der Waals surface area contributed by atoms with Crippen LogP contribution >= 0.6 is 0 Å². The summed E-state index contributed by atoms with van der Waals surface area (Å²) in [5, 5.41) is 2.89. The SMILES string of the molecule is CCCCCCOc1ccc(/C=C/C(=O)Nc2ccccc2OCCCC)cc1OC. The monoisotopic (exact) mass is 425 g/mol. The van der Waals surface area contributed by atoms with Crippen molar-refractivity contribution in [2.75, 3.05) is 25.6 Å². The first-order chi connectivity index (χ1) is 15.2. The average molecular weight is 426 g/mol. The molecule has 0 spiro atoms. The fourth-order valence-corrected chi connectivity index (χ4v) is 2.99. The minimum absolute atomic E-state index is 0.221. The van der Waals surface area contributed by atoms with Crippen LogP contribution in [-0.2, 0) is 4.79 Å². The highest BCUT2D eigenvalue weighted by atomic mass is 16.5. The molecule has 0 radical (unpaired) electrons. The lowest BCUT2D eigenvalue weighted by Crippen LogP contribution is -2.09. The number of rotatable bonds is 14. The van der Waals surface area contributed by atoms with E-state index in [-0.39, 0.29) is 5.91 Å². The summed E-state index contributed by atoms with van der Waals surface area (Å²) in [6.07, 6.45) is 9.92. The summed E-state index contributed by atoms with van der Waals surface area (Å²) < 4.78 is 17.1. The third-order valence-electron chi connectivity index (χ3n) is 4.77. The van der Waals surface area contributed by atoms with Crippen LogP contribution in [0.2, 0.25) is 0 Å². The largest absolute Gasteiger partial charge is 0.493 e. The molecule has 31 heavy (non-hydrogen) atoms. The first-order valence-electron chi connectivity index (χ1n) is 11.2. The van der Waals surface area contributed by atoms with Gasteiger partial charge >= 0.3 is 0 Å². The van der Waals surface area contributed by atoms with Crippen molar-refractivity contribution in [2.24, 2.45) is 0 Å². The summed E-state index contributed by atoms with van der Waals surface area (Å²) in [5.41, 5.74) is 1.52. The lowest BCUT2D eigenvalue weighted by Gasteiger charge is -2.12. The summed E-state index contributed by atoms with van der Waals surface area (Å²) in [6.45, 7) is 5.61. The maximum Gasteiger partial charge on any atom is 0.248 e. The molecule has 0 aliphatic carbocycles. The first-order valence-corrected chi connectivity index (χ1v) is 11.2. The van der Waals surface area contributed by atoms with Crippen LogP contribution in [0.5, 0.6) is 17.2 Å². The van der Waals surface area contributed by atoms with Gasteiger partial charge in [-0.2, -0.15) is 0 Å². The van der Waals surface area contributed by atoms with E-state index in [2.05, 4.69) is 19.2 Å². The van der Waals surface area contributed by atoms with Crippen molar-refractivity contribution < 1.29 is 19.0 Å². The van der Waals surface area contributed by atoms with Crippen LogP contribution in [0.15, 0.2) is 48.5 Å². The molecular weight excluding hydrogens is 390 g/mol. The van der Waals surface area contributed by atoms with Crippen LogP contribution in [0.1, 0.15) is 57.9 Å². The number of anilines is 1. The van der Waals surface area contributed by atoms with Crippen molar-refractivity contribution in [1.82, 2.24) is 0 Å². The third kappa shape index (κ3) is 8.75. The number of methoxy groups -OCH3 is 1. The Morgan fingerprint density at radius 2 is 1.61 bits per heavy atom. The standard InChI is InChI=1S/C26H35NO4/c1-4-6-8-11-19-31-24-16-14-21(20-25(24)29-3)15-17-26(28)27-22-12-9-10-13-23(22)30-18-7-5-2/h9-10,12-17,20H,4-8,11,18-19H2,1-3H3,(H,27,28)/b17-15+. The van der Waals surface area contributed by atoms with E-state index in [0.717, 1.165) is 30.6 Å². The Morgan fingerprint density at radius 1 is 0.871 bits per heavy atom. The first kappa shape index (κ1) is 24.3. The molecule has 0 unspecified atom stereocenters. The Kier molecular flexibility index (Phi) is 11.1. The van der Waals surface area contributed by atoms with Gasteiger partial charge in [-0.25, -0.2) is 0 Å². The Bertz CT molecular complexity index is 832. The average Bonchev–Trinajstić information content (AvgIpc) is 2.79. The van der Waals surface area contributed by atoms with Crippen molar-refractivity contribution in [3.05, 3.63) is 54.1 Å². The third-order valence-corrected chi connectivity index (χ3v) is 4.77. The highest BCUT2D eigenvalue weighted by molar-refractivity contribution is 6.02. The second-order valence-corrected chi connectivity index (χ2v) is 7.34. The van der Waals surface area contributed by atoms with Crippen LogP contribution in [0.3, 0.4) is 0 Å². The lowest BCUT2D eigenvalue weighted by molar-refractivity contribution is -0.111. The Labute approximate surface area is 186 Å². The molecular formula is C26H35NO4. The predicted molar refractivity (Wildman–Crippen MR) is 127 cm³/mol. The quantitative estimate of drug-likeness (QED) is 0.278. The van der Waals surface area contributed by atoms with E-state index in [4.69, 9.17) is 14.2 Å². The molecule has 0 aliphatic heterocycles. The molecule has 2 aromatic carbocycles. The van der Waals surface area contributed by atoms with Gasteiger partial charge in [-0.15, -0.1) is 0 Å². The molecule has 2 aromatic rings. The number of carbonyl (C=O) groups excluding carboxylic acids is 1. The van der Waals surface area contributed by atoms with E-state index >= 15 is 0 Å². The number of nitrogens with one attached hydrogen (secondary N) is 1. The zero-order chi connectivity index (χ0) is 22.3.